The Labute approximate surface area is 119 Å². The van der Waals surface area contributed by atoms with Gasteiger partial charge in [0.2, 0.25) is 0 Å². The zero-order chi connectivity index (χ0) is 14.3. The van der Waals surface area contributed by atoms with Crippen LogP contribution in [0.5, 0.6) is 5.75 Å². The molecular weight excluding hydrogens is 250 g/mol. The first-order valence-electron chi connectivity index (χ1n) is 7.33. The molecule has 20 heavy (non-hydrogen) atoms. The Hall–Kier alpha value is -1.55. The first-order chi connectivity index (χ1) is 9.53. The summed E-state index contributed by atoms with van der Waals surface area (Å²) in [6.45, 7) is 2.28. The van der Waals surface area contributed by atoms with Crippen LogP contribution in [0.3, 0.4) is 0 Å². The van der Waals surface area contributed by atoms with Crippen molar-refractivity contribution in [1.29, 1.82) is 0 Å². The van der Waals surface area contributed by atoms with E-state index < -0.39 is 0 Å². The highest BCUT2D eigenvalue weighted by Gasteiger charge is 2.36. The Morgan fingerprint density at radius 2 is 2.25 bits per heavy atom. The molecule has 4 heteroatoms. The maximum Gasteiger partial charge on any atom is 0.129 e. The number of hydrogen-bond acceptors (Lipinski definition) is 3. The Balaban J connectivity index is 2.09. The second kappa shape index (κ2) is 4.77. The second-order valence-electron chi connectivity index (χ2n) is 6.21. The monoisotopic (exact) mass is 273 g/mol. The molecule has 1 aromatic heterocycles. The fourth-order valence-corrected chi connectivity index (χ4v) is 3.55. The van der Waals surface area contributed by atoms with E-state index in [-0.39, 0.29) is 5.54 Å². The van der Waals surface area contributed by atoms with Crippen molar-refractivity contribution in [1.82, 2.24) is 9.55 Å². The van der Waals surface area contributed by atoms with Gasteiger partial charge in [0.1, 0.15) is 11.6 Å². The van der Waals surface area contributed by atoms with Gasteiger partial charge in [0.05, 0.1) is 23.7 Å². The fraction of sp³-hybridized carbons (Fsp3) is 0.562. The molecule has 2 atom stereocenters. The third kappa shape index (κ3) is 2.08. The van der Waals surface area contributed by atoms with Crippen molar-refractivity contribution in [3.63, 3.8) is 0 Å². The van der Waals surface area contributed by atoms with Crippen LogP contribution < -0.4 is 10.5 Å². The maximum absolute atomic E-state index is 6.69. The summed E-state index contributed by atoms with van der Waals surface area (Å²) in [6.07, 6.45) is 4.49. The van der Waals surface area contributed by atoms with E-state index in [0.717, 1.165) is 35.4 Å². The van der Waals surface area contributed by atoms with Gasteiger partial charge in [0, 0.05) is 13.1 Å². The number of aromatic nitrogens is 2. The maximum atomic E-state index is 6.69. The number of hydrogen-bond donors (Lipinski definition) is 1. The summed E-state index contributed by atoms with van der Waals surface area (Å²) in [4.78, 5) is 4.81. The third-order valence-corrected chi connectivity index (χ3v) is 4.57. The molecule has 0 saturated heterocycles. The van der Waals surface area contributed by atoms with Crippen molar-refractivity contribution in [2.75, 3.05) is 7.11 Å². The van der Waals surface area contributed by atoms with Gasteiger partial charge in [-0.3, -0.25) is 0 Å². The van der Waals surface area contributed by atoms with E-state index in [2.05, 4.69) is 24.6 Å². The van der Waals surface area contributed by atoms with Crippen molar-refractivity contribution < 1.29 is 4.74 Å². The fourth-order valence-electron chi connectivity index (χ4n) is 3.55. The smallest absolute Gasteiger partial charge is 0.129 e. The lowest BCUT2D eigenvalue weighted by molar-refractivity contribution is 0.225. The highest BCUT2D eigenvalue weighted by atomic mass is 16.5. The number of nitrogens with zero attached hydrogens (tertiary/aromatic N) is 2. The molecular formula is C16H23N3O. The van der Waals surface area contributed by atoms with Crippen LogP contribution in [-0.4, -0.2) is 16.7 Å². The van der Waals surface area contributed by atoms with Crippen molar-refractivity contribution in [3.8, 4) is 5.75 Å². The van der Waals surface area contributed by atoms with E-state index in [1.807, 2.05) is 12.1 Å². The van der Waals surface area contributed by atoms with E-state index in [4.69, 9.17) is 15.5 Å². The molecule has 0 bridgehead atoms. The van der Waals surface area contributed by atoms with E-state index >= 15 is 0 Å². The number of nitrogens with two attached hydrogens (primary N) is 1. The van der Waals surface area contributed by atoms with Crippen molar-refractivity contribution in [3.05, 3.63) is 24.0 Å². The number of rotatable bonds is 2. The summed E-state index contributed by atoms with van der Waals surface area (Å²) in [5, 5.41) is 0. The number of imidazole rings is 1. The summed E-state index contributed by atoms with van der Waals surface area (Å²) in [7, 11) is 3.74. The number of methoxy groups -OCH3 is 1. The Morgan fingerprint density at radius 1 is 1.45 bits per heavy atom. The van der Waals surface area contributed by atoms with Gasteiger partial charge in [-0.2, -0.15) is 0 Å². The van der Waals surface area contributed by atoms with E-state index in [1.165, 1.54) is 12.8 Å². The average molecular weight is 273 g/mol. The van der Waals surface area contributed by atoms with Gasteiger partial charge in [-0.25, -0.2) is 4.98 Å². The van der Waals surface area contributed by atoms with Crippen molar-refractivity contribution >= 4 is 11.0 Å². The molecule has 1 heterocycles. The number of ether oxygens (including phenoxy) is 1. The molecule has 2 aromatic rings. The highest BCUT2D eigenvalue weighted by molar-refractivity contribution is 5.78. The molecule has 0 amide bonds. The largest absolute Gasteiger partial charge is 0.497 e. The zero-order valence-electron chi connectivity index (χ0n) is 12.5. The lowest BCUT2D eigenvalue weighted by Crippen LogP contribution is -2.43. The quantitative estimate of drug-likeness (QED) is 0.915. The molecule has 0 spiro atoms. The summed E-state index contributed by atoms with van der Waals surface area (Å²) < 4.78 is 7.42. The van der Waals surface area contributed by atoms with Crippen LogP contribution in [0.25, 0.3) is 11.0 Å². The molecule has 4 nitrogen and oxygen atoms in total. The van der Waals surface area contributed by atoms with E-state index in [0.29, 0.717) is 5.92 Å². The normalized spacial score (nSPS) is 26.9. The summed E-state index contributed by atoms with van der Waals surface area (Å²) in [5.74, 6) is 2.51. The lowest BCUT2D eigenvalue weighted by Gasteiger charge is -2.36. The Bertz CT molecular complexity index is 634. The SMILES string of the molecule is COc1ccc2c(c1)nc(C1(N)CCCC(C)C1)n2C. The van der Waals surface area contributed by atoms with Crippen LogP contribution in [0, 0.1) is 5.92 Å². The molecule has 3 rings (SSSR count). The average Bonchev–Trinajstić information content (AvgIpc) is 2.76. The van der Waals surface area contributed by atoms with Gasteiger partial charge in [0.15, 0.2) is 0 Å². The molecule has 108 valence electrons. The number of fused-ring (bicyclic) bond motifs is 1. The third-order valence-electron chi connectivity index (χ3n) is 4.57. The molecule has 1 saturated carbocycles. The van der Waals surface area contributed by atoms with Gasteiger partial charge in [0.25, 0.3) is 0 Å². The van der Waals surface area contributed by atoms with Crippen LogP contribution in [0.15, 0.2) is 18.2 Å². The van der Waals surface area contributed by atoms with Crippen LogP contribution in [0.1, 0.15) is 38.4 Å². The standard InChI is InChI=1S/C16H23N3O/c1-11-5-4-8-16(17,10-11)15-18-13-9-12(20-3)6-7-14(13)19(15)2/h6-7,9,11H,4-5,8,10,17H2,1-3H3. The van der Waals surface area contributed by atoms with Crippen LogP contribution >= 0.6 is 0 Å². The van der Waals surface area contributed by atoms with Gasteiger partial charge >= 0.3 is 0 Å². The summed E-state index contributed by atoms with van der Waals surface area (Å²) >= 11 is 0. The molecule has 1 fully saturated rings. The molecule has 0 radical (unpaired) electrons. The molecule has 1 aliphatic rings. The number of benzene rings is 1. The topological polar surface area (TPSA) is 53.1 Å². The molecule has 1 aliphatic carbocycles. The highest BCUT2D eigenvalue weighted by Crippen LogP contribution is 2.38. The molecule has 2 N–H and O–H groups in total. The van der Waals surface area contributed by atoms with Crippen molar-refractivity contribution in [2.24, 2.45) is 18.7 Å². The van der Waals surface area contributed by atoms with Gasteiger partial charge in [-0.15, -0.1) is 0 Å². The zero-order valence-corrected chi connectivity index (χ0v) is 12.5. The van der Waals surface area contributed by atoms with Crippen LogP contribution in [-0.2, 0) is 12.6 Å². The first-order valence-corrected chi connectivity index (χ1v) is 7.33. The lowest BCUT2D eigenvalue weighted by atomic mass is 9.76. The predicted octanol–water partition coefficient (Wildman–Crippen LogP) is 2.95. The van der Waals surface area contributed by atoms with Gasteiger partial charge in [-0.1, -0.05) is 19.8 Å². The minimum atomic E-state index is -0.293. The molecule has 0 aliphatic heterocycles. The Morgan fingerprint density at radius 3 is 2.95 bits per heavy atom. The first kappa shape index (κ1) is 13.4. The van der Waals surface area contributed by atoms with E-state index in [1.54, 1.807) is 7.11 Å². The van der Waals surface area contributed by atoms with Gasteiger partial charge in [-0.05, 0) is 30.9 Å². The number of aryl methyl sites for hydroxylation is 1. The minimum absolute atomic E-state index is 0.293. The van der Waals surface area contributed by atoms with Crippen molar-refractivity contribution in [2.45, 2.75) is 38.1 Å². The van der Waals surface area contributed by atoms with Gasteiger partial charge < -0.3 is 15.0 Å². The summed E-state index contributed by atoms with van der Waals surface area (Å²) in [5.41, 5.74) is 8.48. The van der Waals surface area contributed by atoms with Crippen LogP contribution in [0.2, 0.25) is 0 Å². The summed E-state index contributed by atoms with van der Waals surface area (Å²) in [6, 6.07) is 6.01. The molecule has 1 aromatic carbocycles. The molecule has 2 unspecified atom stereocenters. The van der Waals surface area contributed by atoms with E-state index in [9.17, 15) is 0 Å². The Kier molecular flexibility index (Phi) is 3.21. The predicted molar refractivity (Wildman–Crippen MR) is 80.8 cm³/mol. The minimum Gasteiger partial charge on any atom is -0.497 e. The van der Waals surface area contributed by atoms with Crippen LogP contribution in [0.4, 0.5) is 0 Å². The second-order valence-corrected chi connectivity index (χ2v) is 6.21.